The van der Waals surface area contributed by atoms with E-state index in [0.29, 0.717) is 46.6 Å². The van der Waals surface area contributed by atoms with Crippen molar-refractivity contribution in [2.24, 2.45) is 23.7 Å². The van der Waals surface area contributed by atoms with Gasteiger partial charge in [-0.1, -0.05) is 39.1 Å². The normalized spacial score (nSPS) is 22.4. The second kappa shape index (κ2) is 21.1. The number of ketones is 2. The molecule has 0 spiro atoms. The van der Waals surface area contributed by atoms with Crippen molar-refractivity contribution in [3.63, 3.8) is 0 Å². The van der Waals surface area contributed by atoms with Gasteiger partial charge in [-0.05, 0) is 186 Å². The van der Waals surface area contributed by atoms with Crippen molar-refractivity contribution < 1.29 is 18.4 Å². The van der Waals surface area contributed by atoms with E-state index in [1.54, 1.807) is 54.9 Å². The van der Waals surface area contributed by atoms with Gasteiger partial charge in [0, 0.05) is 60.0 Å². The van der Waals surface area contributed by atoms with Gasteiger partial charge in [-0.3, -0.25) is 34.4 Å². The van der Waals surface area contributed by atoms with Crippen molar-refractivity contribution in [2.75, 3.05) is 26.2 Å². The van der Waals surface area contributed by atoms with Crippen molar-refractivity contribution >= 4 is 84.9 Å². The Morgan fingerprint density at radius 1 is 0.652 bits per heavy atom. The molecule has 6 heterocycles. The van der Waals surface area contributed by atoms with Gasteiger partial charge in [-0.2, -0.15) is 0 Å². The summed E-state index contributed by atoms with van der Waals surface area (Å²) in [6.45, 7) is 11.9. The van der Waals surface area contributed by atoms with E-state index in [4.69, 9.17) is 23.2 Å². The summed E-state index contributed by atoms with van der Waals surface area (Å²) in [5, 5.41) is 6.56. The molecule has 4 aliphatic rings. The Kier molecular flexibility index (Phi) is 16.0. The third-order valence-electron chi connectivity index (χ3n) is 14.2. The lowest BCUT2D eigenvalue weighted by Crippen LogP contribution is -2.50. The minimum Gasteiger partial charge on any atom is -0.316 e. The highest BCUT2D eigenvalue weighted by Gasteiger charge is 2.47. The average molecular weight is 1020 g/mol. The van der Waals surface area contributed by atoms with Gasteiger partial charge in [0.05, 0.1) is 43.8 Å². The summed E-state index contributed by atoms with van der Waals surface area (Å²) in [5.74, 6) is 3.61. The lowest BCUT2D eigenvalue weighted by Gasteiger charge is -2.35. The van der Waals surface area contributed by atoms with Crippen LogP contribution in [0.25, 0.3) is 21.8 Å². The maximum Gasteiger partial charge on any atom is 0.158 e. The van der Waals surface area contributed by atoms with Crippen LogP contribution < -0.4 is 5.32 Å². The molecule has 2 aromatic carbocycles. The summed E-state index contributed by atoms with van der Waals surface area (Å²) in [6.07, 6.45) is 12.1. The van der Waals surface area contributed by atoms with Crippen LogP contribution in [0.15, 0.2) is 97.6 Å². The monoisotopic (exact) mass is 1020 g/mol. The van der Waals surface area contributed by atoms with Gasteiger partial charge in [-0.15, -0.1) is 12.4 Å². The molecule has 0 radical (unpaired) electrons. The Hall–Kier alpha value is -3.97. The van der Waals surface area contributed by atoms with Gasteiger partial charge in [-0.25, -0.2) is 8.78 Å². The van der Waals surface area contributed by atoms with Gasteiger partial charge < -0.3 is 5.32 Å². The van der Waals surface area contributed by atoms with E-state index in [9.17, 15) is 18.4 Å². The molecule has 66 heavy (non-hydrogen) atoms. The van der Waals surface area contributed by atoms with Crippen LogP contribution in [-0.2, 0) is 22.4 Å². The minimum atomic E-state index is -0.534. The van der Waals surface area contributed by atoms with E-state index in [1.165, 1.54) is 36.1 Å². The molecule has 6 aromatic rings. The van der Waals surface area contributed by atoms with Crippen LogP contribution in [0.2, 0.25) is 10.0 Å². The molecule has 2 saturated carbocycles. The Morgan fingerprint density at radius 2 is 1.09 bits per heavy atom. The zero-order chi connectivity index (χ0) is 46.0. The van der Waals surface area contributed by atoms with Crippen LogP contribution in [0.3, 0.4) is 0 Å². The number of halogens is 6. The summed E-state index contributed by atoms with van der Waals surface area (Å²) in [5.41, 5.74) is 5.22. The molecule has 1 N–H and O–H groups in total. The van der Waals surface area contributed by atoms with Gasteiger partial charge in [0.2, 0.25) is 0 Å². The first-order chi connectivity index (χ1) is 31.0. The minimum absolute atomic E-state index is 0. The van der Waals surface area contributed by atoms with Gasteiger partial charge >= 0.3 is 0 Å². The summed E-state index contributed by atoms with van der Waals surface area (Å²) in [7, 11) is 0. The van der Waals surface area contributed by atoms with E-state index in [2.05, 4.69) is 58.2 Å². The number of benzene rings is 2. The fourth-order valence-electron chi connectivity index (χ4n) is 10.4. The number of pyridine rings is 4. The standard InChI is InChI=1S/C26H27ClFN3O.C16H17FN2.C10H11BrClNO.ClH/c1-26(2,25(32)12-21-5-3-19(27)13-30-21)31-14-17-9-16(10-18(17)15-31)22-7-8-29-24-6-4-20(28)11-23(22)24;17-13-1-2-16-15(7-13)14(3-4-19-16)10-5-11-8-18-9-12(11)6-10;1-10(2,11)9(14)5-8-4-3-7(12)6-13-8;/h3-8,11,13,16-18H,9-10,12,14-15H2,1-2H3;1-4,7,10-12,18H,5-6,8-9H2;3-4,6H,5H2,1-2H3;1H/t16?,17-,18+;10?,11-,12+;;. The summed E-state index contributed by atoms with van der Waals surface area (Å²) >= 11 is 14.9. The number of Topliss-reactive ketones (excluding diaryl/α,β-unsaturated/α-hetero) is 2. The number of rotatable bonds is 9. The van der Waals surface area contributed by atoms with Crippen molar-refractivity contribution in [2.45, 2.75) is 87.9 Å². The van der Waals surface area contributed by atoms with Crippen LogP contribution in [-0.4, -0.2) is 72.4 Å². The molecular formula is C52H56BrCl3F2N6O2. The first-order valence-electron chi connectivity index (χ1n) is 22.5. The second-order valence-corrected chi connectivity index (χ2v) is 22.1. The Bertz CT molecular complexity index is 2640. The van der Waals surface area contributed by atoms with E-state index in [0.717, 1.165) is 84.1 Å². The molecule has 2 unspecified atom stereocenters. The SMILES string of the molecule is CC(C)(Br)C(=O)Cc1ccc(Cl)cn1.CC(C)(C(=O)Cc1ccc(Cl)cn1)N1C[C@H]2CC(c3ccnc4ccc(F)cc34)C[C@H]2C1.Cl.Fc1ccc2nccc(C3C[C@H]4CNC[C@H]4C3)c2c1. The number of carbonyl (C=O) groups is 2. The van der Waals surface area contributed by atoms with E-state index in [1.807, 2.05) is 46.2 Å². The van der Waals surface area contributed by atoms with Gasteiger partial charge in [0.1, 0.15) is 11.6 Å². The van der Waals surface area contributed by atoms with Crippen molar-refractivity contribution in [1.82, 2.24) is 30.2 Å². The zero-order valence-electron chi connectivity index (χ0n) is 37.6. The number of alkyl halides is 1. The van der Waals surface area contributed by atoms with Gasteiger partial charge in [0.15, 0.2) is 11.6 Å². The van der Waals surface area contributed by atoms with Crippen LogP contribution in [0, 0.1) is 35.3 Å². The Labute approximate surface area is 410 Å². The number of hydrogen-bond donors (Lipinski definition) is 1. The summed E-state index contributed by atoms with van der Waals surface area (Å²) in [6, 6.07) is 21.0. The largest absolute Gasteiger partial charge is 0.316 e. The third kappa shape index (κ3) is 11.6. The molecule has 10 rings (SSSR count). The molecule has 4 aromatic heterocycles. The molecule has 0 amide bonds. The van der Waals surface area contributed by atoms with Gasteiger partial charge in [0.25, 0.3) is 0 Å². The number of aromatic nitrogens is 4. The molecule has 348 valence electrons. The number of nitrogens with zero attached hydrogens (tertiary/aromatic N) is 5. The quantitative estimate of drug-likeness (QED) is 0.143. The van der Waals surface area contributed by atoms with Crippen molar-refractivity contribution in [3.05, 3.63) is 142 Å². The Balaban J connectivity index is 0.000000162. The summed E-state index contributed by atoms with van der Waals surface area (Å²) in [4.78, 5) is 44.2. The molecule has 2 aliphatic heterocycles. The fourth-order valence-corrected chi connectivity index (χ4v) is 10.7. The molecule has 8 nitrogen and oxygen atoms in total. The average Bonchev–Trinajstić information content (AvgIpc) is 4.08. The first-order valence-corrected chi connectivity index (χ1v) is 24.1. The molecule has 2 aliphatic carbocycles. The molecule has 2 saturated heterocycles. The van der Waals surface area contributed by atoms with Crippen LogP contribution in [0.5, 0.6) is 0 Å². The number of hydrogen-bond acceptors (Lipinski definition) is 8. The fraction of sp³-hybridized carbons (Fsp3) is 0.423. The summed E-state index contributed by atoms with van der Waals surface area (Å²) < 4.78 is 26.9. The van der Waals surface area contributed by atoms with Crippen LogP contribution in [0.4, 0.5) is 8.78 Å². The topological polar surface area (TPSA) is 101 Å². The molecule has 6 atom stereocenters. The first kappa shape index (κ1) is 49.9. The second-order valence-electron chi connectivity index (χ2n) is 19.2. The number of likely N-dealkylation sites (tertiary alicyclic amines) is 1. The maximum atomic E-state index is 13.9. The third-order valence-corrected chi connectivity index (χ3v) is 15.0. The maximum absolute atomic E-state index is 13.9. The highest BCUT2D eigenvalue weighted by Crippen LogP contribution is 2.49. The lowest BCUT2D eigenvalue weighted by atomic mass is 9.91. The molecule has 4 fully saturated rings. The number of fused-ring (bicyclic) bond motifs is 4. The highest BCUT2D eigenvalue weighted by molar-refractivity contribution is 9.10. The molecule has 0 bridgehead atoms. The van der Waals surface area contributed by atoms with Crippen LogP contribution >= 0.6 is 51.5 Å². The predicted molar refractivity (Wildman–Crippen MR) is 266 cm³/mol. The van der Waals surface area contributed by atoms with Crippen molar-refractivity contribution in [1.29, 1.82) is 0 Å². The van der Waals surface area contributed by atoms with E-state index >= 15 is 0 Å². The predicted octanol–water partition coefficient (Wildman–Crippen LogP) is 12.0. The highest BCUT2D eigenvalue weighted by atomic mass is 79.9. The molecule has 14 heteroatoms. The smallest absolute Gasteiger partial charge is 0.158 e. The number of nitrogens with one attached hydrogen (secondary N) is 1. The van der Waals surface area contributed by atoms with E-state index in [-0.39, 0.29) is 35.6 Å². The number of carbonyl (C=O) groups excluding carboxylic acids is 2. The molecular weight excluding hydrogens is 965 g/mol. The Morgan fingerprint density at radius 3 is 1.52 bits per heavy atom. The van der Waals surface area contributed by atoms with Crippen LogP contribution in [0.1, 0.15) is 87.7 Å². The zero-order valence-corrected chi connectivity index (χ0v) is 41.5. The van der Waals surface area contributed by atoms with E-state index < -0.39 is 9.86 Å². The lowest BCUT2D eigenvalue weighted by molar-refractivity contribution is -0.128. The van der Waals surface area contributed by atoms with Crippen molar-refractivity contribution in [3.8, 4) is 0 Å².